The van der Waals surface area contributed by atoms with Crippen LogP contribution in [0.25, 0.3) is 5.57 Å². The van der Waals surface area contributed by atoms with E-state index in [0.29, 0.717) is 16.7 Å². The van der Waals surface area contributed by atoms with Crippen molar-refractivity contribution in [3.8, 4) is 0 Å². The number of sulfonamides is 1. The molecule has 0 saturated heterocycles. The maximum atomic E-state index is 14.1. The Morgan fingerprint density at radius 2 is 1.33 bits per heavy atom. The van der Waals surface area contributed by atoms with E-state index in [0.717, 1.165) is 17.0 Å². The molecule has 0 N–H and O–H groups in total. The normalized spacial score (nSPS) is 15.8. The summed E-state index contributed by atoms with van der Waals surface area (Å²) in [4.78, 5) is 26.4. The molecule has 8 heteroatoms. The molecule has 1 atom stereocenters. The molecular formula is C28H25NO6S. The number of hydrogen-bond donors (Lipinski definition) is 0. The molecule has 0 aromatic heterocycles. The summed E-state index contributed by atoms with van der Waals surface area (Å²) in [5.41, 5.74) is 1.85. The van der Waals surface area contributed by atoms with Gasteiger partial charge in [0.15, 0.2) is 5.70 Å². The highest BCUT2D eigenvalue weighted by Gasteiger charge is 2.44. The Labute approximate surface area is 210 Å². The number of methoxy groups -OCH3 is 2. The molecule has 36 heavy (non-hydrogen) atoms. The van der Waals surface area contributed by atoms with Crippen molar-refractivity contribution < 1.29 is 27.5 Å². The zero-order valence-corrected chi connectivity index (χ0v) is 20.9. The van der Waals surface area contributed by atoms with Crippen LogP contribution in [0.5, 0.6) is 0 Å². The number of benzene rings is 3. The second-order valence-electron chi connectivity index (χ2n) is 8.12. The fourth-order valence-corrected chi connectivity index (χ4v) is 5.71. The highest BCUT2D eigenvalue weighted by molar-refractivity contribution is 7.89. The lowest BCUT2D eigenvalue weighted by Gasteiger charge is -2.37. The third-order valence-electron chi connectivity index (χ3n) is 5.88. The average molecular weight is 504 g/mol. The SMILES string of the molecule is COC(=O)C1=C(C(=O)OC)N(S(=O)(=O)c2ccc(C)cc2)C(c2ccccc2)C=C1c1ccccc1. The van der Waals surface area contributed by atoms with E-state index in [2.05, 4.69) is 0 Å². The molecule has 0 saturated carbocycles. The predicted octanol–water partition coefficient (Wildman–Crippen LogP) is 4.42. The van der Waals surface area contributed by atoms with E-state index in [4.69, 9.17) is 9.47 Å². The first kappa shape index (κ1) is 24.9. The van der Waals surface area contributed by atoms with Gasteiger partial charge >= 0.3 is 11.9 Å². The van der Waals surface area contributed by atoms with Gasteiger partial charge in [-0.1, -0.05) is 78.4 Å². The first-order valence-electron chi connectivity index (χ1n) is 11.1. The highest BCUT2D eigenvalue weighted by Crippen LogP contribution is 2.43. The second-order valence-corrected chi connectivity index (χ2v) is 9.94. The van der Waals surface area contributed by atoms with Crippen LogP contribution in [0.4, 0.5) is 0 Å². The molecule has 184 valence electrons. The molecule has 0 spiro atoms. The monoisotopic (exact) mass is 503 g/mol. The van der Waals surface area contributed by atoms with Crippen molar-refractivity contribution in [1.82, 2.24) is 4.31 Å². The summed E-state index contributed by atoms with van der Waals surface area (Å²) in [5.74, 6) is -1.84. The van der Waals surface area contributed by atoms with E-state index in [1.807, 2.05) is 19.1 Å². The number of esters is 2. The Bertz CT molecular complexity index is 1440. The van der Waals surface area contributed by atoms with Gasteiger partial charge in [0.1, 0.15) is 0 Å². The summed E-state index contributed by atoms with van der Waals surface area (Å²) in [6.07, 6.45) is 1.66. The Morgan fingerprint density at radius 1 is 0.778 bits per heavy atom. The Kier molecular flexibility index (Phi) is 7.07. The molecule has 7 nitrogen and oxygen atoms in total. The van der Waals surface area contributed by atoms with Gasteiger partial charge in [-0.15, -0.1) is 0 Å². The summed E-state index contributed by atoms with van der Waals surface area (Å²) in [7, 11) is -2.03. The molecule has 1 aliphatic rings. The number of carbonyl (C=O) groups is 2. The molecule has 3 aromatic carbocycles. The minimum Gasteiger partial charge on any atom is -0.465 e. The zero-order chi connectivity index (χ0) is 25.9. The van der Waals surface area contributed by atoms with Crippen molar-refractivity contribution in [2.45, 2.75) is 17.9 Å². The summed E-state index contributed by atoms with van der Waals surface area (Å²) in [5, 5.41) is 0. The molecule has 1 unspecified atom stereocenters. The van der Waals surface area contributed by atoms with E-state index >= 15 is 0 Å². The van der Waals surface area contributed by atoms with Crippen LogP contribution in [0.2, 0.25) is 0 Å². The molecule has 0 amide bonds. The number of hydrogen-bond acceptors (Lipinski definition) is 6. The van der Waals surface area contributed by atoms with E-state index in [9.17, 15) is 18.0 Å². The van der Waals surface area contributed by atoms with Crippen molar-refractivity contribution in [1.29, 1.82) is 0 Å². The fourth-order valence-electron chi connectivity index (χ4n) is 4.12. The van der Waals surface area contributed by atoms with Crippen molar-refractivity contribution in [2.24, 2.45) is 0 Å². The summed E-state index contributed by atoms with van der Waals surface area (Å²) >= 11 is 0. The lowest BCUT2D eigenvalue weighted by Crippen LogP contribution is -2.41. The van der Waals surface area contributed by atoms with Crippen LogP contribution in [0.3, 0.4) is 0 Å². The van der Waals surface area contributed by atoms with Gasteiger partial charge < -0.3 is 9.47 Å². The summed E-state index contributed by atoms with van der Waals surface area (Å²) < 4.78 is 39.2. The van der Waals surface area contributed by atoms with Crippen molar-refractivity contribution >= 4 is 27.5 Å². The third kappa shape index (κ3) is 4.55. The van der Waals surface area contributed by atoms with Crippen LogP contribution < -0.4 is 0 Å². The molecule has 3 aromatic rings. The van der Waals surface area contributed by atoms with E-state index < -0.39 is 33.7 Å². The van der Waals surface area contributed by atoms with Crippen LogP contribution in [0, 0.1) is 6.92 Å². The van der Waals surface area contributed by atoms with Gasteiger partial charge in [0.2, 0.25) is 0 Å². The number of nitrogens with zero attached hydrogens (tertiary/aromatic N) is 1. The molecule has 0 radical (unpaired) electrons. The minimum absolute atomic E-state index is 0.0313. The second kappa shape index (κ2) is 10.2. The third-order valence-corrected chi connectivity index (χ3v) is 7.67. The van der Waals surface area contributed by atoms with Crippen LogP contribution in [0.1, 0.15) is 22.7 Å². The number of ether oxygens (including phenoxy) is 2. The van der Waals surface area contributed by atoms with Crippen molar-refractivity contribution in [3.05, 3.63) is 119 Å². The van der Waals surface area contributed by atoms with Gasteiger partial charge in [0.05, 0.1) is 30.7 Å². The van der Waals surface area contributed by atoms with Crippen LogP contribution in [-0.4, -0.2) is 38.9 Å². The smallest absolute Gasteiger partial charge is 0.356 e. The van der Waals surface area contributed by atoms with Gasteiger partial charge in [0, 0.05) is 0 Å². The van der Waals surface area contributed by atoms with Crippen LogP contribution in [0.15, 0.2) is 107 Å². The van der Waals surface area contributed by atoms with E-state index in [1.165, 1.54) is 19.2 Å². The Hall–Kier alpha value is -4.17. The average Bonchev–Trinajstić information content (AvgIpc) is 2.92. The topological polar surface area (TPSA) is 90.0 Å². The number of carbonyl (C=O) groups excluding carboxylic acids is 2. The highest BCUT2D eigenvalue weighted by atomic mass is 32.2. The Balaban J connectivity index is 2.10. The van der Waals surface area contributed by atoms with Gasteiger partial charge in [-0.25, -0.2) is 22.3 Å². The van der Waals surface area contributed by atoms with E-state index in [1.54, 1.807) is 66.7 Å². The maximum Gasteiger partial charge on any atom is 0.356 e. The predicted molar refractivity (Wildman–Crippen MR) is 135 cm³/mol. The first-order chi connectivity index (χ1) is 17.3. The molecular weight excluding hydrogens is 478 g/mol. The van der Waals surface area contributed by atoms with Crippen molar-refractivity contribution in [2.75, 3.05) is 14.2 Å². The molecule has 1 heterocycles. The fraction of sp³-hybridized carbons (Fsp3) is 0.143. The molecule has 1 aliphatic heterocycles. The van der Waals surface area contributed by atoms with Gasteiger partial charge in [0.25, 0.3) is 10.0 Å². The van der Waals surface area contributed by atoms with Crippen molar-refractivity contribution in [3.63, 3.8) is 0 Å². The summed E-state index contributed by atoms with van der Waals surface area (Å²) in [6.45, 7) is 1.84. The van der Waals surface area contributed by atoms with Gasteiger partial charge in [-0.05, 0) is 41.8 Å². The quantitative estimate of drug-likeness (QED) is 0.463. The minimum atomic E-state index is -4.34. The van der Waals surface area contributed by atoms with E-state index in [-0.39, 0.29) is 10.5 Å². The largest absolute Gasteiger partial charge is 0.465 e. The maximum absolute atomic E-state index is 14.1. The first-order valence-corrected chi connectivity index (χ1v) is 12.6. The Morgan fingerprint density at radius 3 is 1.89 bits per heavy atom. The number of aryl methyl sites for hydroxylation is 1. The van der Waals surface area contributed by atoms with Crippen LogP contribution >= 0.6 is 0 Å². The number of rotatable bonds is 6. The van der Waals surface area contributed by atoms with Gasteiger partial charge in [-0.3, -0.25) is 0 Å². The molecule has 4 rings (SSSR count). The van der Waals surface area contributed by atoms with Crippen LogP contribution in [-0.2, 0) is 29.1 Å². The molecule has 0 bridgehead atoms. The van der Waals surface area contributed by atoms with Gasteiger partial charge in [-0.2, -0.15) is 0 Å². The molecule has 0 aliphatic carbocycles. The zero-order valence-electron chi connectivity index (χ0n) is 20.0. The summed E-state index contributed by atoms with van der Waals surface area (Å²) in [6, 6.07) is 23.2. The standard InChI is InChI=1S/C28H25NO6S/c1-19-14-16-22(17-15-19)36(32,33)29-24(21-12-8-5-9-13-21)18-23(20-10-6-4-7-11-20)25(27(30)34-2)26(29)28(31)35-3/h4-18,24H,1-3H3. The molecule has 0 fully saturated rings. The lowest BCUT2D eigenvalue weighted by molar-refractivity contribution is -0.140. The lowest BCUT2D eigenvalue weighted by atomic mass is 9.89.